The van der Waals surface area contributed by atoms with E-state index in [1.54, 1.807) is 25.1 Å². The van der Waals surface area contributed by atoms with Crippen LogP contribution in [0.25, 0.3) is 0 Å². The molecule has 2 aromatic carbocycles. The summed E-state index contributed by atoms with van der Waals surface area (Å²) in [5.41, 5.74) is 3.40. The van der Waals surface area contributed by atoms with Crippen molar-refractivity contribution in [2.75, 3.05) is 47.5 Å². The number of nitrogens with one attached hydrogen (secondary N) is 2. The first-order chi connectivity index (χ1) is 12.8. The van der Waals surface area contributed by atoms with Crippen LogP contribution in [0.15, 0.2) is 42.5 Å². The van der Waals surface area contributed by atoms with Crippen LogP contribution in [0.3, 0.4) is 0 Å². The molecule has 0 saturated carbocycles. The van der Waals surface area contributed by atoms with Crippen LogP contribution in [0.5, 0.6) is 0 Å². The fraction of sp³-hybridized carbons (Fsp3) is 0.316. The molecular weight excluding hydrogens is 366 g/mol. The lowest BCUT2D eigenvalue weighted by Gasteiger charge is -2.28. The summed E-state index contributed by atoms with van der Waals surface area (Å²) in [5, 5.41) is 2.86. The molecule has 0 radical (unpaired) electrons. The van der Waals surface area contributed by atoms with Gasteiger partial charge in [0.1, 0.15) is 0 Å². The van der Waals surface area contributed by atoms with Gasteiger partial charge in [-0.1, -0.05) is 0 Å². The molecule has 3 rings (SSSR count). The molecule has 2 aromatic rings. The number of rotatable bonds is 5. The summed E-state index contributed by atoms with van der Waals surface area (Å²) in [6, 6.07) is 12.5. The number of morpholine rings is 1. The van der Waals surface area contributed by atoms with Crippen LogP contribution in [-0.2, 0) is 14.8 Å². The number of ether oxygens (including phenoxy) is 1. The Labute approximate surface area is 159 Å². The molecule has 0 spiro atoms. The van der Waals surface area contributed by atoms with E-state index < -0.39 is 10.0 Å². The molecule has 1 amide bonds. The minimum atomic E-state index is -3.36. The van der Waals surface area contributed by atoms with Crippen LogP contribution in [0, 0.1) is 6.92 Å². The van der Waals surface area contributed by atoms with Crippen molar-refractivity contribution in [3.63, 3.8) is 0 Å². The number of nitrogens with zero attached hydrogens (tertiary/aromatic N) is 1. The van der Waals surface area contributed by atoms with Crippen LogP contribution < -0.4 is 14.9 Å². The zero-order chi connectivity index (χ0) is 19.4. The van der Waals surface area contributed by atoms with Crippen molar-refractivity contribution in [2.24, 2.45) is 0 Å². The standard InChI is InChI=1S/C19H23N3O4S/c1-14-13-15(3-8-18(14)21-27(2,24)25)19(23)20-16-4-6-17(7-5-16)22-9-11-26-12-10-22/h3-8,13,21H,9-12H2,1-2H3,(H,20,23). The Morgan fingerprint density at radius 1 is 1.07 bits per heavy atom. The highest BCUT2D eigenvalue weighted by molar-refractivity contribution is 7.92. The van der Waals surface area contributed by atoms with Gasteiger partial charge in [-0.2, -0.15) is 0 Å². The molecule has 2 N–H and O–H groups in total. The molecule has 1 fully saturated rings. The van der Waals surface area contributed by atoms with Gasteiger partial charge >= 0.3 is 0 Å². The number of amides is 1. The topological polar surface area (TPSA) is 87.7 Å². The maximum Gasteiger partial charge on any atom is 0.255 e. The van der Waals surface area contributed by atoms with Gasteiger partial charge in [-0.25, -0.2) is 8.42 Å². The van der Waals surface area contributed by atoms with E-state index in [2.05, 4.69) is 14.9 Å². The van der Waals surface area contributed by atoms with E-state index in [0.29, 0.717) is 22.5 Å². The number of anilines is 3. The van der Waals surface area contributed by atoms with Crippen LogP contribution >= 0.6 is 0 Å². The van der Waals surface area contributed by atoms with E-state index in [4.69, 9.17) is 4.74 Å². The third-order valence-corrected chi connectivity index (χ3v) is 4.88. The highest BCUT2D eigenvalue weighted by Gasteiger charge is 2.13. The van der Waals surface area contributed by atoms with Crippen molar-refractivity contribution in [3.8, 4) is 0 Å². The van der Waals surface area contributed by atoms with E-state index in [0.717, 1.165) is 38.2 Å². The molecule has 27 heavy (non-hydrogen) atoms. The Morgan fingerprint density at radius 2 is 1.74 bits per heavy atom. The second-order valence-corrected chi connectivity index (χ2v) is 8.25. The number of aryl methyl sites for hydroxylation is 1. The average molecular weight is 389 g/mol. The maximum atomic E-state index is 12.5. The molecule has 144 valence electrons. The van der Waals surface area contributed by atoms with Crippen LogP contribution in [-0.4, -0.2) is 46.9 Å². The van der Waals surface area contributed by atoms with Gasteiger partial charge in [-0.05, 0) is 55.0 Å². The Hall–Kier alpha value is -2.58. The van der Waals surface area contributed by atoms with Crippen molar-refractivity contribution in [1.29, 1.82) is 0 Å². The molecule has 0 bridgehead atoms. The summed E-state index contributed by atoms with van der Waals surface area (Å²) < 4.78 is 30.5. The molecule has 1 heterocycles. The number of benzene rings is 2. The summed E-state index contributed by atoms with van der Waals surface area (Å²) in [5.74, 6) is -0.247. The third kappa shape index (κ3) is 5.21. The van der Waals surface area contributed by atoms with E-state index in [-0.39, 0.29) is 5.91 Å². The first kappa shape index (κ1) is 19.2. The number of sulfonamides is 1. The van der Waals surface area contributed by atoms with E-state index >= 15 is 0 Å². The lowest BCUT2D eigenvalue weighted by Crippen LogP contribution is -2.36. The van der Waals surface area contributed by atoms with Gasteiger partial charge in [-0.3, -0.25) is 9.52 Å². The van der Waals surface area contributed by atoms with Crippen molar-refractivity contribution in [1.82, 2.24) is 0 Å². The second-order valence-electron chi connectivity index (χ2n) is 6.50. The number of carbonyl (C=O) groups is 1. The summed E-state index contributed by atoms with van der Waals surface area (Å²) >= 11 is 0. The third-order valence-electron chi connectivity index (χ3n) is 4.29. The highest BCUT2D eigenvalue weighted by Crippen LogP contribution is 2.21. The predicted molar refractivity (Wildman–Crippen MR) is 107 cm³/mol. The molecule has 0 atom stereocenters. The van der Waals surface area contributed by atoms with Gasteiger partial charge in [0.05, 0.1) is 25.2 Å². The van der Waals surface area contributed by atoms with Gasteiger partial charge in [0, 0.05) is 30.0 Å². The molecule has 1 aliphatic rings. The smallest absolute Gasteiger partial charge is 0.255 e. The molecule has 1 saturated heterocycles. The molecule has 1 aliphatic heterocycles. The summed E-state index contributed by atoms with van der Waals surface area (Å²) in [7, 11) is -3.36. The Morgan fingerprint density at radius 3 is 2.33 bits per heavy atom. The van der Waals surface area contributed by atoms with E-state index in [1.807, 2.05) is 24.3 Å². The molecule has 0 aromatic heterocycles. The van der Waals surface area contributed by atoms with Crippen molar-refractivity contribution >= 4 is 33.0 Å². The Kier molecular flexibility index (Phi) is 5.67. The molecular formula is C19H23N3O4S. The first-order valence-electron chi connectivity index (χ1n) is 8.64. The lowest BCUT2D eigenvalue weighted by molar-refractivity contribution is 0.102. The minimum absolute atomic E-state index is 0.247. The Bertz CT molecular complexity index is 920. The first-order valence-corrected chi connectivity index (χ1v) is 10.5. The zero-order valence-electron chi connectivity index (χ0n) is 15.4. The van der Waals surface area contributed by atoms with Gasteiger partial charge in [0.2, 0.25) is 10.0 Å². The summed E-state index contributed by atoms with van der Waals surface area (Å²) in [4.78, 5) is 14.7. The number of hydrogen-bond donors (Lipinski definition) is 2. The average Bonchev–Trinajstić information content (AvgIpc) is 2.63. The summed E-state index contributed by atoms with van der Waals surface area (Å²) in [6.07, 6.45) is 1.09. The van der Waals surface area contributed by atoms with Crippen molar-refractivity contribution in [3.05, 3.63) is 53.6 Å². The number of carbonyl (C=O) groups excluding carboxylic acids is 1. The van der Waals surface area contributed by atoms with Crippen molar-refractivity contribution < 1.29 is 17.9 Å². The second kappa shape index (κ2) is 7.98. The van der Waals surface area contributed by atoms with Crippen LogP contribution in [0.4, 0.5) is 17.1 Å². The maximum absolute atomic E-state index is 12.5. The van der Waals surface area contributed by atoms with Gasteiger partial charge in [-0.15, -0.1) is 0 Å². The summed E-state index contributed by atoms with van der Waals surface area (Å²) in [6.45, 7) is 4.92. The molecule has 7 nitrogen and oxygen atoms in total. The zero-order valence-corrected chi connectivity index (χ0v) is 16.2. The van der Waals surface area contributed by atoms with Crippen LogP contribution in [0.2, 0.25) is 0 Å². The molecule has 8 heteroatoms. The monoisotopic (exact) mass is 389 g/mol. The van der Waals surface area contributed by atoms with Gasteiger partial charge < -0.3 is 15.0 Å². The van der Waals surface area contributed by atoms with Gasteiger partial charge in [0.15, 0.2) is 0 Å². The van der Waals surface area contributed by atoms with Crippen molar-refractivity contribution in [2.45, 2.75) is 6.92 Å². The number of hydrogen-bond acceptors (Lipinski definition) is 5. The molecule has 0 unspecified atom stereocenters. The van der Waals surface area contributed by atoms with Crippen LogP contribution in [0.1, 0.15) is 15.9 Å². The quantitative estimate of drug-likeness (QED) is 0.820. The van der Waals surface area contributed by atoms with E-state index in [9.17, 15) is 13.2 Å². The lowest BCUT2D eigenvalue weighted by atomic mass is 10.1. The SMILES string of the molecule is Cc1cc(C(=O)Nc2ccc(N3CCOCC3)cc2)ccc1NS(C)(=O)=O. The van der Waals surface area contributed by atoms with E-state index in [1.165, 1.54) is 0 Å². The predicted octanol–water partition coefficient (Wildman–Crippen LogP) is 2.46. The normalized spacial score (nSPS) is 14.7. The highest BCUT2D eigenvalue weighted by atomic mass is 32.2. The fourth-order valence-electron chi connectivity index (χ4n) is 2.90. The molecule has 0 aliphatic carbocycles. The largest absolute Gasteiger partial charge is 0.378 e. The fourth-order valence-corrected chi connectivity index (χ4v) is 3.53. The minimum Gasteiger partial charge on any atom is -0.378 e. The Balaban J connectivity index is 1.67. The van der Waals surface area contributed by atoms with Gasteiger partial charge in [0.25, 0.3) is 5.91 Å².